The zero-order valence-electron chi connectivity index (χ0n) is 7.62. The summed E-state index contributed by atoms with van der Waals surface area (Å²) in [4.78, 5) is 12.8. The molecule has 0 aromatic rings. The zero-order valence-corrected chi connectivity index (χ0v) is 7.62. The zero-order chi connectivity index (χ0) is 9.14. The average molecular weight is 172 g/mol. The van der Waals surface area contributed by atoms with Crippen molar-refractivity contribution in [2.24, 2.45) is 11.7 Å². The van der Waals surface area contributed by atoms with Crippen LogP contribution in [0.3, 0.4) is 0 Å². The molecule has 1 heterocycles. The third-order valence-electron chi connectivity index (χ3n) is 2.02. The highest BCUT2D eigenvalue weighted by Gasteiger charge is 2.26. The molecule has 4 heteroatoms. The summed E-state index contributed by atoms with van der Waals surface area (Å²) in [5.74, 6) is 0.529. The Morgan fingerprint density at radius 3 is 2.92 bits per heavy atom. The quantitative estimate of drug-likeness (QED) is 0.599. The van der Waals surface area contributed by atoms with E-state index in [9.17, 15) is 4.79 Å². The topological polar surface area (TPSA) is 55.6 Å². The third-order valence-corrected chi connectivity index (χ3v) is 2.02. The number of rotatable bonds is 3. The van der Waals surface area contributed by atoms with Gasteiger partial charge in [0.25, 0.3) is 0 Å². The van der Waals surface area contributed by atoms with E-state index in [1.807, 2.05) is 7.05 Å². The van der Waals surface area contributed by atoms with Gasteiger partial charge >= 0.3 is 0 Å². The molecular formula is C8H16N2O2. The van der Waals surface area contributed by atoms with Crippen molar-refractivity contribution < 1.29 is 9.53 Å². The molecule has 1 aliphatic rings. The Morgan fingerprint density at radius 2 is 2.50 bits per heavy atom. The lowest BCUT2D eigenvalue weighted by atomic mass is 10.1. The molecule has 2 unspecified atom stereocenters. The van der Waals surface area contributed by atoms with E-state index in [1.54, 1.807) is 11.8 Å². The minimum absolute atomic E-state index is 0.202. The number of ether oxygens (including phenoxy) is 1. The summed E-state index contributed by atoms with van der Waals surface area (Å²) in [6.07, 6.45) is 0.370. The molecule has 0 bridgehead atoms. The molecule has 1 fully saturated rings. The van der Waals surface area contributed by atoms with Gasteiger partial charge in [0.1, 0.15) is 6.23 Å². The molecule has 0 saturated carbocycles. The summed E-state index contributed by atoms with van der Waals surface area (Å²) < 4.78 is 5.22. The Labute approximate surface area is 72.7 Å². The largest absolute Gasteiger partial charge is 0.364 e. The van der Waals surface area contributed by atoms with E-state index in [1.165, 1.54) is 0 Å². The monoisotopic (exact) mass is 172 g/mol. The molecule has 0 aromatic heterocycles. The van der Waals surface area contributed by atoms with Crippen LogP contribution in [-0.2, 0) is 9.53 Å². The van der Waals surface area contributed by atoms with E-state index >= 15 is 0 Å². The lowest BCUT2D eigenvalue weighted by Gasteiger charge is -2.12. The Kier molecular flexibility index (Phi) is 3.05. The van der Waals surface area contributed by atoms with Gasteiger partial charge < -0.3 is 15.4 Å². The normalized spacial score (nSPS) is 26.4. The number of hydrogen-bond donors (Lipinski definition) is 1. The molecule has 2 atom stereocenters. The van der Waals surface area contributed by atoms with Gasteiger partial charge in [0.2, 0.25) is 5.91 Å². The number of amides is 1. The van der Waals surface area contributed by atoms with Crippen molar-refractivity contribution >= 4 is 5.91 Å². The van der Waals surface area contributed by atoms with E-state index in [0.717, 1.165) is 6.54 Å². The van der Waals surface area contributed by atoms with Crippen LogP contribution in [0.5, 0.6) is 0 Å². The van der Waals surface area contributed by atoms with E-state index in [0.29, 0.717) is 18.9 Å². The Bertz CT molecular complexity index is 170. The predicted octanol–water partition coefficient (Wildman–Crippen LogP) is -0.214. The average Bonchev–Trinajstić information content (AvgIpc) is 2.28. The lowest BCUT2D eigenvalue weighted by molar-refractivity contribution is -0.126. The summed E-state index contributed by atoms with van der Waals surface area (Å²) in [7, 11) is 1.81. The summed E-state index contributed by atoms with van der Waals surface area (Å²) >= 11 is 0. The smallest absolute Gasteiger partial charge is 0.222 e. The molecule has 2 N–H and O–H groups in total. The fourth-order valence-corrected chi connectivity index (χ4v) is 1.36. The van der Waals surface area contributed by atoms with Gasteiger partial charge in [0.15, 0.2) is 0 Å². The second kappa shape index (κ2) is 3.87. The summed E-state index contributed by atoms with van der Waals surface area (Å²) in [5, 5.41) is 0. The molecule has 1 amide bonds. The Morgan fingerprint density at radius 1 is 1.83 bits per heavy atom. The van der Waals surface area contributed by atoms with Crippen LogP contribution < -0.4 is 5.73 Å². The molecule has 70 valence electrons. The molecule has 12 heavy (non-hydrogen) atoms. The van der Waals surface area contributed by atoms with E-state index in [-0.39, 0.29) is 12.1 Å². The van der Waals surface area contributed by atoms with E-state index in [4.69, 9.17) is 10.5 Å². The number of nitrogens with two attached hydrogens (primary N) is 1. The second-order valence-corrected chi connectivity index (χ2v) is 3.38. The number of carbonyl (C=O) groups excluding carboxylic acids is 1. The minimum atomic E-state index is -0.231. The first kappa shape index (κ1) is 9.48. The SMILES string of the molecule is CC(N)OCC1CC(=O)N(C)C1. The first-order valence-corrected chi connectivity index (χ1v) is 4.20. The van der Waals surface area contributed by atoms with Gasteiger partial charge in [-0.3, -0.25) is 4.79 Å². The van der Waals surface area contributed by atoms with Gasteiger partial charge in [-0.05, 0) is 6.92 Å². The third kappa shape index (κ3) is 2.46. The Balaban J connectivity index is 2.23. The number of carbonyl (C=O) groups is 1. The molecule has 0 aromatic carbocycles. The van der Waals surface area contributed by atoms with Crippen molar-refractivity contribution in [2.75, 3.05) is 20.2 Å². The molecular weight excluding hydrogens is 156 g/mol. The van der Waals surface area contributed by atoms with Gasteiger partial charge in [-0.2, -0.15) is 0 Å². The van der Waals surface area contributed by atoms with E-state index < -0.39 is 0 Å². The van der Waals surface area contributed by atoms with Crippen LogP contribution in [0.25, 0.3) is 0 Å². The molecule has 1 saturated heterocycles. The van der Waals surface area contributed by atoms with Crippen LogP contribution in [-0.4, -0.2) is 37.2 Å². The highest BCUT2D eigenvalue weighted by Crippen LogP contribution is 2.15. The fraction of sp³-hybridized carbons (Fsp3) is 0.875. The first-order chi connectivity index (χ1) is 5.59. The number of nitrogens with zero attached hydrogens (tertiary/aromatic N) is 1. The van der Waals surface area contributed by atoms with Crippen molar-refractivity contribution in [3.8, 4) is 0 Å². The van der Waals surface area contributed by atoms with Gasteiger partial charge in [0, 0.05) is 25.9 Å². The molecule has 1 rings (SSSR count). The lowest BCUT2D eigenvalue weighted by Crippen LogP contribution is -2.24. The summed E-state index contributed by atoms with van der Waals surface area (Å²) in [6.45, 7) is 3.18. The van der Waals surface area contributed by atoms with Crippen molar-refractivity contribution in [3.05, 3.63) is 0 Å². The van der Waals surface area contributed by atoms with Crippen LogP contribution in [0.4, 0.5) is 0 Å². The molecule has 1 aliphatic heterocycles. The summed E-state index contributed by atoms with van der Waals surface area (Å²) in [6, 6.07) is 0. The Hall–Kier alpha value is -0.610. The van der Waals surface area contributed by atoms with Gasteiger partial charge in [-0.1, -0.05) is 0 Å². The molecule has 4 nitrogen and oxygen atoms in total. The maximum atomic E-state index is 11.1. The van der Waals surface area contributed by atoms with Crippen LogP contribution in [0.15, 0.2) is 0 Å². The van der Waals surface area contributed by atoms with Crippen LogP contribution >= 0.6 is 0 Å². The highest BCUT2D eigenvalue weighted by molar-refractivity contribution is 5.78. The summed E-state index contributed by atoms with van der Waals surface area (Å²) in [5.41, 5.74) is 5.42. The maximum absolute atomic E-state index is 11.1. The van der Waals surface area contributed by atoms with Crippen molar-refractivity contribution in [3.63, 3.8) is 0 Å². The molecule has 0 aliphatic carbocycles. The standard InChI is InChI=1S/C8H16N2O2/c1-6(9)12-5-7-3-8(11)10(2)4-7/h6-7H,3-5,9H2,1-2H3. The predicted molar refractivity (Wildman–Crippen MR) is 45.3 cm³/mol. The van der Waals surface area contributed by atoms with Gasteiger partial charge in [-0.25, -0.2) is 0 Å². The van der Waals surface area contributed by atoms with Gasteiger partial charge in [-0.15, -0.1) is 0 Å². The molecule has 0 radical (unpaired) electrons. The van der Waals surface area contributed by atoms with Crippen molar-refractivity contribution in [1.29, 1.82) is 0 Å². The van der Waals surface area contributed by atoms with Crippen molar-refractivity contribution in [1.82, 2.24) is 4.90 Å². The van der Waals surface area contributed by atoms with Crippen LogP contribution in [0, 0.1) is 5.92 Å². The van der Waals surface area contributed by atoms with Crippen LogP contribution in [0.2, 0.25) is 0 Å². The maximum Gasteiger partial charge on any atom is 0.222 e. The first-order valence-electron chi connectivity index (χ1n) is 4.20. The number of likely N-dealkylation sites (tertiary alicyclic amines) is 1. The highest BCUT2D eigenvalue weighted by atomic mass is 16.5. The van der Waals surface area contributed by atoms with E-state index in [2.05, 4.69) is 0 Å². The van der Waals surface area contributed by atoms with Crippen LogP contribution in [0.1, 0.15) is 13.3 Å². The van der Waals surface area contributed by atoms with Crippen molar-refractivity contribution in [2.45, 2.75) is 19.6 Å². The number of hydrogen-bond acceptors (Lipinski definition) is 3. The minimum Gasteiger partial charge on any atom is -0.364 e. The molecule has 0 spiro atoms. The van der Waals surface area contributed by atoms with Gasteiger partial charge in [0.05, 0.1) is 6.61 Å². The fourth-order valence-electron chi connectivity index (χ4n) is 1.36. The second-order valence-electron chi connectivity index (χ2n) is 3.38.